The van der Waals surface area contributed by atoms with Crippen molar-refractivity contribution in [3.63, 3.8) is 0 Å². The molecule has 16 heavy (non-hydrogen) atoms. The van der Waals surface area contributed by atoms with Crippen molar-refractivity contribution in [2.45, 2.75) is 39.2 Å². The molecular formula is C11H19N3O2. The van der Waals surface area contributed by atoms with E-state index in [4.69, 9.17) is 10.2 Å². The van der Waals surface area contributed by atoms with Crippen LogP contribution in [-0.4, -0.2) is 23.0 Å². The minimum absolute atomic E-state index is 0.258. The number of amides is 1. The Bertz CT molecular complexity index is 356. The van der Waals surface area contributed by atoms with Gasteiger partial charge in [0.15, 0.2) is 6.39 Å². The molecule has 0 unspecified atom stereocenters. The molecule has 0 atom stereocenters. The highest BCUT2D eigenvalue weighted by molar-refractivity contribution is 5.92. The number of hydrogen-bond acceptors (Lipinski definition) is 4. The van der Waals surface area contributed by atoms with Crippen molar-refractivity contribution in [1.82, 2.24) is 10.3 Å². The zero-order valence-electron chi connectivity index (χ0n) is 10.0. The monoisotopic (exact) mass is 225 g/mol. The van der Waals surface area contributed by atoms with Crippen molar-refractivity contribution in [2.75, 3.05) is 6.54 Å². The third kappa shape index (κ3) is 2.82. The Morgan fingerprint density at radius 1 is 1.56 bits per heavy atom. The van der Waals surface area contributed by atoms with E-state index in [9.17, 15) is 4.79 Å². The molecule has 0 fully saturated rings. The van der Waals surface area contributed by atoms with Gasteiger partial charge in [0, 0.05) is 12.1 Å². The highest BCUT2D eigenvalue weighted by Gasteiger charge is 2.22. The maximum absolute atomic E-state index is 11.7. The van der Waals surface area contributed by atoms with Gasteiger partial charge in [0.1, 0.15) is 0 Å². The summed E-state index contributed by atoms with van der Waals surface area (Å²) in [7, 11) is 0. The summed E-state index contributed by atoms with van der Waals surface area (Å²) in [4.78, 5) is 15.6. The normalized spacial score (nSPS) is 11.5. The second-order valence-corrected chi connectivity index (χ2v) is 4.02. The Labute approximate surface area is 95.4 Å². The van der Waals surface area contributed by atoms with E-state index in [0.29, 0.717) is 12.2 Å². The van der Waals surface area contributed by atoms with Crippen LogP contribution in [0.5, 0.6) is 0 Å². The van der Waals surface area contributed by atoms with Crippen LogP contribution in [0, 0.1) is 6.92 Å². The molecule has 0 aliphatic rings. The molecule has 0 saturated heterocycles. The lowest BCUT2D eigenvalue weighted by atomic mass is 9.94. The van der Waals surface area contributed by atoms with Crippen LogP contribution in [0.1, 0.15) is 42.9 Å². The summed E-state index contributed by atoms with van der Waals surface area (Å²) in [6, 6.07) is 0. The maximum Gasteiger partial charge on any atom is 0.289 e. The van der Waals surface area contributed by atoms with Gasteiger partial charge >= 0.3 is 0 Å². The molecule has 0 radical (unpaired) electrons. The smallest absolute Gasteiger partial charge is 0.289 e. The van der Waals surface area contributed by atoms with Gasteiger partial charge in [-0.1, -0.05) is 13.8 Å². The van der Waals surface area contributed by atoms with Gasteiger partial charge in [-0.2, -0.15) is 0 Å². The number of oxazole rings is 1. The van der Waals surface area contributed by atoms with Crippen LogP contribution in [0.2, 0.25) is 0 Å². The van der Waals surface area contributed by atoms with E-state index in [2.05, 4.69) is 10.3 Å². The van der Waals surface area contributed by atoms with Crippen LogP contribution >= 0.6 is 0 Å². The summed E-state index contributed by atoms with van der Waals surface area (Å²) >= 11 is 0. The highest BCUT2D eigenvalue weighted by atomic mass is 16.3. The largest absolute Gasteiger partial charge is 0.438 e. The second-order valence-electron chi connectivity index (χ2n) is 4.02. The van der Waals surface area contributed by atoms with Crippen LogP contribution < -0.4 is 11.1 Å². The number of aromatic nitrogens is 1. The van der Waals surface area contributed by atoms with Crippen molar-refractivity contribution >= 4 is 5.91 Å². The Hall–Kier alpha value is -1.36. The van der Waals surface area contributed by atoms with Gasteiger partial charge in [0.05, 0.1) is 5.69 Å². The Morgan fingerprint density at radius 2 is 2.19 bits per heavy atom. The van der Waals surface area contributed by atoms with Gasteiger partial charge in [-0.05, 0) is 19.8 Å². The van der Waals surface area contributed by atoms with Crippen LogP contribution in [0.15, 0.2) is 10.8 Å². The zero-order chi connectivity index (χ0) is 12.2. The molecule has 1 heterocycles. The third-order valence-electron chi connectivity index (χ3n) is 2.96. The first-order chi connectivity index (χ1) is 7.52. The topological polar surface area (TPSA) is 81.1 Å². The predicted octanol–water partition coefficient (Wildman–Crippen LogP) is 1.23. The van der Waals surface area contributed by atoms with E-state index < -0.39 is 0 Å². The van der Waals surface area contributed by atoms with Crippen molar-refractivity contribution in [2.24, 2.45) is 5.73 Å². The molecule has 5 heteroatoms. The predicted molar refractivity (Wildman–Crippen MR) is 61.1 cm³/mol. The Morgan fingerprint density at radius 3 is 2.62 bits per heavy atom. The second kappa shape index (κ2) is 5.12. The molecule has 1 amide bonds. The quantitative estimate of drug-likeness (QED) is 0.789. The lowest BCUT2D eigenvalue weighted by molar-refractivity contribution is 0.0913. The van der Waals surface area contributed by atoms with Gasteiger partial charge < -0.3 is 15.5 Å². The number of carbonyl (C=O) groups is 1. The van der Waals surface area contributed by atoms with Crippen LogP contribution in [0.25, 0.3) is 0 Å². The summed E-state index contributed by atoms with van der Waals surface area (Å²) in [5, 5.41) is 2.77. The average molecular weight is 225 g/mol. The van der Waals surface area contributed by atoms with E-state index in [1.807, 2.05) is 13.8 Å². The first-order valence-electron chi connectivity index (χ1n) is 5.49. The summed E-state index contributed by atoms with van der Waals surface area (Å²) in [6.07, 6.45) is 2.90. The summed E-state index contributed by atoms with van der Waals surface area (Å²) in [6.45, 7) is 6.19. The number of nitrogens with zero attached hydrogens (tertiary/aromatic N) is 1. The number of carbonyl (C=O) groups excluding carboxylic acids is 1. The number of aryl methyl sites for hydroxylation is 1. The molecule has 1 aromatic heterocycles. The summed E-state index contributed by atoms with van der Waals surface area (Å²) < 4.78 is 4.99. The van der Waals surface area contributed by atoms with Crippen LogP contribution in [0.4, 0.5) is 0 Å². The maximum atomic E-state index is 11.7. The molecule has 0 spiro atoms. The fraction of sp³-hybridized carbons (Fsp3) is 0.636. The molecule has 0 aliphatic heterocycles. The molecule has 0 bridgehead atoms. The lowest BCUT2D eigenvalue weighted by Crippen LogP contribution is -2.49. The molecule has 0 aliphatic carbocycles. The number of nitrogens with two attached hydrogens (primary N) is 1. The minimum Gasteiger partial charge on any atom is -0.438 e. The standard InChI is InChI=1S/C11H19N3O2/c1-4-11(12,5-2)6-13-10(15)9-8(3)14-7-16-9/h7H,4-6,12H2,1-3H3,(H,13,15). The zero-order valence-corrected chi connectivity index (χ0v) is 10.0. The molecule has 1 aromatic rings. The average Bonchev–Trinajstić information content (AvgIpc) is 2.72. The fourth-order valence-electron chi connectivity index (χ4n) is 1.36. The third-order valence-corrected chi connectivity index (χ3v) is 2.96. The van der Waals surface area contributed by atoms with E-state index >= 15 is 0 Å². The number of rotatable bonds is 5. The van der Waals surface area contributed by atoms with Gasteiger partial charge in [-0.3, -0.25) is 4.79 Å². The molecular weight excluding hydrogens is 206 g/mol. The summed E-state index contributed by atoms with van der Waals surface area (Å²) in [5.41, 5.74) is 6.32. The van der Waals surface area contributed by atoms with Crippen molar-refractivity contribution < 1.29 is 9.21 Å². The first kappa shape index (κ1) is 12.7. The van der Waals surface area contributed by atoms with Crippen molar-refractivity contribution in [3.05, 3.63) is 17.8 Å². The Balaban J connectivity index is 2.57. The number of nitrogens with one attached hydrogen (secondary N) is 1. The van der Waals surface area contributed by atoms with Gasteiger partial charge in [-0.25, -0.2) is 4.98 Å². The van der Waals surface area contributed by atoms with Crippen LogP contribution in [0.3, 0.4) is 0 Å². The molecule has 0 aromatic carbocycles. The fourth-order valence-corrected chi connectivity index (χ4v) is 1.36. The molecule has 3 N–H and O–H groups in total. The van der Waals surface area contributed by atoms with E-state index in [-0.39, 0.29) is 17.2 Å². The highest BCUT2D eigenvalue weighted by Crippen LogP contribution is 2.10. The molecule has 1 rings (SSSR count). The van der Waals surface area contributed by atoms with E-state index in [1.54, 1.807) is 6.92 Å². The molecule has 90 valence electrons. The van der Waals surface area contributed by atoms with E-state index in [0.717, 1.165) is 12.8 Å². The van der Waals surface area contributed by atoms with Crippen molar-refractivity contribution in [3.8, 4) is 0 Å². The summed E-state index contributed by atoms with van der Waals surface area (Å²) in [5.74, 6) is 0.00119. The molecule has 0 saturated carbocycles. The lowest BCUT2D eigenvalue weighted by Gasteiger charge is -2.26. The Kier molecular flexibility index (Phi) is 4.06. The van der Waals surface area contributed by atoms with E-state index in [1.165, 1.54) is 6.39 Å². The number of hydrogen-bond donors (Lipinski definition) is 2. The van der Waals surface area contributed by atoms with Crippen molar-refractivity contribution in [1.29, 1.82) is 0 Å². The first-order valence-corrected chi connectivity index (χ1v) is 5.49. The van der Waals surface area contributed by atoms with Gasteiger partial charge in [0.2, 0.25) is 5.76 Å². The molecule has 5 nitrogen and oxygen atoms in total. The van der Waals surface area contributed by atoms with Crippen LogP contribution in [-0.2, 0) is 0 Å². The van der Waals surface area contributed by atoms with Gasteiger partial charge in [-0.15, -0.1) is 0 Å². The van der Waals surface area contributed by atoms with Gasteiger partial charge in [0.25, 0.3) is 5.91 Å². The minimum atomic E-state index is -0.344. The SMILES string of the molecule is CCC(N)(CC)CNC(=O)c1ocnc1C.